The second-order valence-electron chi connectivity index (χ2n) is 4.34. The first kappa shape index (κ1) is 12.8. The molecule has 0 aromatic heterocycles. The van der Waals surface area contributed by atoms with Crippen molar-refractivity contribution in [3.63, 3.8) is 0 Å². The Bertz CT molecular complexity index is 504. The molecule has 0 bridgehead atoms. The topological polar surface area (TPSA) is 83.6 Å². The third kappa shape index (κ3) is 2.28. The van der Waals surface area contributed by atoms with Gasteiger partial charge in [0, 0.05) is 13.0 Å². The van der Waals surface area contributed by atoms with Gasteiger partial charge in [0.2, 0.25) is 5.91 Å². The highest BCUT2D eigenvalue weighted by atomic mass is 32.1. The Balaban J connectivity index is 2.35. The number of aromatic carboxylic acids is 1. The fraction of sp³-hybridized carbons (Fsp3) is 0.333. The van der Waals surface area contributed by atoms with Crippen LogP contribution < -0.4 is 10.6 Å². The standard InChI is InChI=1S/C12H14N2O3S/c13-9-2-1-8(12(16)17)4-10(9)14-5-7(6-18)3-11(14)15/h1-2,4,7,18H,3,5-6,13H2,(H,16,17). The quantitative estimate of drug-likeness (QED) is 0.568. The molecule has 1 amide bonds. The van der Waals surface area contributed by atoms with Crippen LogP contribution in [0.3, 0.4) is 0 Å². The fourth-order valence-electron chi connectivity index (χ4n) is 2.05. The predicted molar refractivity (Wildman–Crippen MR) is 72.1 cm³/mol. The lowest BCUT2D eigenvalue weighted by Gasteiger charge is -2.19. The molecule has 1 unspecified atom stereocenters. The van der Waals surface area contributed by atoms with Gasteiger partial charge in [-0.1, -0.05) is 0 Å². The van der Waals surface area contributed by atoms with Crippen molar-refractivity contribution < 1.29 is 14.7 Å². The fourth-order valence-corrected chi connectivity index (χ4v) is 2.29. The van der Waals surface area contributed by atoms with Crippen molar-refractivity contribution in [2.24, 2.45) is 5.92 Å². The number of thiol groups is 1. The zero-order valence-corrected chi connectivity index (χ0v) is 10.6. The lowest BCUT2D eigenvalue weighted by Crippen LogP contribution is -2.26. The first-order valence-corrected chi connectivity index (χ1v) is 6.20. The number of rotatable bonds is 3. The van der Waals surface area contributed by atoms with Gasteiger partial charge in [0.15, 0.2) is 0 Å². The van der Waals surface area contributed by atoms with Crippen molar-refractivity contribution in [1.82, 2.24) is 0 Å². The number of carbonyl (C=O) groups is 2. The molecule has 1 aromatic rings. The van der Waals surface area contributed by atoms with Crippen LogP contribution in [-0.2, 0) is 4.79 Å². The highest BCUT2D eigenvalue weighted by Gasteiger charge is 2.31. The molecule has 0 radical (unpaired) electrons. The average molecular weight is 266 g/mol. The van der Waals surface area contributed by atoms with E-state index in [1.807, 2.05) is 0 Å². The molecule has 2 rings (SSSR count). The minimum atomic E-state index is -1.03. The minimum absolute atomic E-state index is 0.0386. The van der Waals surface area contributed by atoms with Crippen molar-refractivity contribution in [3.05, 3.63) is 23.8 Å². The van der Waals surface area contributed by atoms with Crippen LogP contribution in [0.5, 0.6) is 0 Å². The summed E-state index contributed by atoms with van der Waals surface area (Å²) in [7, 11) is 0. The monoisotopic (exact) mass is 266 g/mol. The van der Waals surface area contributed by atoms with E-state index in [1.54, 1.807) is 4.90 Å². The number of nitrogens with two attached hydrogens (primary N) is 1. The number of carbonyl (C=O) groups excluding carboxylic acids is 1. The summed E-state index contributed by atoms with van der Waals surface area (Å²) in [4.78, 5) is 24.3. The molecule has 6 heteroatoms. The van der Waals surface area contributed by atoms with Crippen LogP contribution in [0.4, 0.5) is 11.4 Å². The molecule has 18 heavy (non-hydrogen) atoms. The van der Waals surface area contributed by atoms with E-state index in [0.29, 0.717) is 30.1 Å². The van der Waals surface area contributed by atoms with Crippen LogP contribution in [0.2, 0.25) is 0 Å². The molecular weight excluding hydrogens is 252 g/mol. The van der Waals surface area contributed by atoms with E-state index in [1.165, 1.54) is 18.2 Å². The first-order valence-electron chi connectivity index (χ1n) is 5.57. The molecular formula is C12H14N2O3S. The number of carboxylic acids is 1. The molecule has 0 saturated carbocycles. The maximum atomic E-state index is 11.9. The molecule has 1 aliphatic heterocycles. The van der Waals surface area contributed by atoms with E-state index in [9.17, 15) is 9.59 Å². The van der Waals surface area contributed by atoms with Gasteiger partial charge in [-0.2, -0.15) is 12.6 Å². The van der Waals surface area contributed by atoms with Gasteiger partial charge >= 0.3 is 5.97 Å². The highest BCUT2D eigenvalue weighted by Crippen LogP contribution is 2.31. The zero-order chi connectivity index (χ0) is 13.3. The highest BCUT2D eigenvalue weighted by molar-refractivity contribution is 7.80. The second kappa shape index (κ2) is 4.89. The van der Waals surface area contributed by atoms with Gasteiger partial charge in [-0.25, -0.2) is 4.79 Å². The average Bonchev–Trinajstić information content (AvgIpc) is 2.71. The summed E-state index contributed by atoms with van der Waals surface area (Å²) in [6.07, 6.45) is 0.431. The summed E-state index contributed by atoms with van der Waals surface area (Å²) < 4.78 is 0. The van der Waals surface area contributed by atoms with Crippen LogP contribution in [0, 0.1) is 5.92 Å². The molecule has 1 heterocycles. The van der Waals surface area contributed by atoms with Gasteiger partial charge in [-0.3, -0.25) is 4.79 Å². The third-order valence-corrected chi connectivity index (χ3v) is 3.55. The van der Waals surface area contributed by atoms with Gasteiger partial charge in [0.1, 0.15) is 0 Å². The number of nitrogen functional groups attached to an aromatic ring is 1. The lowest BCUT2D eigenvalue weighted by atomic mass is 10.1. The van der Waals surface area contributed by atoms with Crippen molar-refractivity contribution >= 4 is 35.9 Å². The van der Waals surface area contributed by atoms with E-state index in [-0.39, 0.29) is 17.4 Å². The van der Waals surface area contributed by atoms with Crippen molar-refractivity contribution in [2.75, 3.05) is 22.9 Å². The van der Waals surface area contributed by atoms with Gasteiger partial charge in [0.25, 0.3) is 0 Å². The Morgan fingerprint density at radius 2 is 2.28 bits per heavy atom. The largest absolute Gasteiger partial charge is 0.478 e. The summed E-state index contributed by atoms with van der Waals surface area (Å²) in [6.45, 7) is 0.537. The first-order chi connectivity index (χ1) is 8.52. The lowest BCUT2D eigenvalue weighted by molar-refractivity contribution is -0.117. The van der Waals surface area contributed by atoms with Crippen molar-refractivity contribution in [3.8, 4) is 0 Å². The van der Waals surface area contributed by atoms with Crippen molar-refractivity contribution in [1.29, 1.82) is 0 Å². The smallest absolute Gasteiger partial charge is 0.335 e. The van der Waals surface area contributed by atoms with Crippen LogP contribution in [0.1, 0.15) is 16.8 Å². The van der Waals surface area contributed by atoms with Crippen LogP contribution in [0.25, 0.3) is 0 Å². The Morgan fingerprint density at radius 1 is 1.56 bits per heavy atom. The van der Waals surface area contributed by atoms with E-state index in [2.05, 4.69) is 12.6 Å². The molecule has 1 aromatic carbocycles. The number of benzene rings is 1. The summed E-state index contributed by atoms with van der Waals surface area (Å²) in [5, 5.41) is 8.95. The Hall–Kier alpha value is -1.69. The number of nitrogens with zero attached hydrogens (tertiary/aromatic N) is 1. The van der Waals surface area contributed by atoms with Gasteiger partial charge in [-0.05, 0) is 29.9 Å². The summed E-state index contributed by atoms with van der Waals surface area (Å²) in [5.41, 5.74) is 6.83. The summed E-state index contributed by atoms with van der Waals surface area (Å²) in [5.74, 6) is -0.258. The third-order valence-electron chi connectivity index (χ3n) is 3.03. The Morgan fingerprint density at radius 3 is 2.83 bits per heavy atom. The van der Waals surface area contributed by atoms with Crippen LogP contribution in [-0.4, -0.2) is 29.3 Å². The van der Waals surface area contributed by atoms with Crippen LogP contribution >= 0.6 is 12.6 Å². The number of carboxylic acid groups (broad SMARTS) is 1. The van der Waals surface area contributed by atoms with E-state index >= 15 is 0 Å². The second-order valence-corrected chi connectivity index (χ2v) is 4.70. The molecule has 0 spiro atoms. The normalized spacial score (nSPS) is 19.3. The molecule has 96 valence electrons. The van der Waals surface area contributed by atoms with E-state index in [0.717, 1.165) is 0 Å². The van der Waals surface area contributed by atoms with E-state index < -0.39 is 5.97 Å². The Kier molecular flexibility index (Phi) is 3.47. The van der Waals surface area contributed by atoms with Gasteiger partial charge in [0.05, 0.1) is 16.9 Å². The summed E-state index contributed by atoms with van der Waals surface area (Å²) >= 11 is 4.18. The minimum Gasteiger partial charge on any atom is -0.478 e. The maximum absolute atomic E-state index is 11.9. The number of hydrogen-bond acceptors (Lipinski definition) is 4. The maximum Gasteiger partial charge on any atom is 0.335 e. The number of amides is 1. The molecule has 1 atom stereocenters. The van der Waals surface area contributed by atoms with Gasteiger partial charge < -0.3 is 15.7 Å². The van der Waals surface area contributed by atoms with Crippen LogP contribution in [0.15, 0.2) is 18.2 Å². The van der Waals surface area contributed by atoms with Crippen molar-refractivity contribution in [2.45, 2.75) is 6.42 Å². The Labute approximate surface area is 110 Å². The summed E-state index contributed by atoms with van der Waals surface area (Å²) in [6, 6.07) is 4.38. The van der Waals surface area contributed by atoms with Gasteiger partial charge in [-0.15, -0.1) is 0 Å². The number of anilines is 2. The molecule has 1 aliphatic rings. The molecule has 0 aliphatic carbocycles. The zero-order valence-electron chi connectivity index (χ0n) is 9.67. The van der Waals surface area contributed by atoms with E-state index in [4.69, 9.17) is 10.8 Å². The molecule has 1 saturated heterocycles. The molecule has 5 nitrogen and oxygen atoms in total. The molecule has 3 N–H and O–H groups in total. The SMILES string of the molecule is Nc1ccc(C(=O)O)cc1N1CC(CS)CC1=O. The molecule has 1 fully saturated rings. The number of hydrogen-bond donors (Lipinski definition) is 3. The predicted octanol–water partition coefficient (Wildman–Crippen LogP) is 1.25.